The molecule has 0 spiro atoms. The third-order valence-corrected chi connectivity index (χ3v) is 5.99. The molecule has 3 heterocycles. The number of benzene rings is 1. The van der Waals surface area contributed by atoms with E-state index >= 15 is 0 Å². The quantitative estimate of drug-likeness (QED) is 0.466. The zero-order valence-corrected chi connectivity index (χ0v) is 19.2. The Balaban J connectivity index is 1.51. The number of aromatic nitrogens is 3. The largest absolute Gasteiger partial charge is 0.480 e. The van der Waals surface area contributed by atoms with E-state index in [2.05, 4.69) is 15.4 Å². The number of hydrogen-bond acceptors (Lipinski definition) is 6. The third-order valence-electron chi connectivity index (χ3n) is 5.99. The molecule has 0 saturated heterocycles. The van der Waals surface area contributed by atoms with Gasteiger partial charge in [-0.1, -0.05) is 12.1 Å². The van der Waals surface area contributed by atoms with E-state index in [-0.39, 0.29) is 23.7 Å². The molecule has 1 fully saturated rings. The number of rotatable bonds is 6. The summed E-state index contributed by atoms with van der Waals surface area (Å²) in [6, 6.07) is 16.2. The molecule has 3 aromatic heterocycles. The van der Waals surface area contributed by atoms with Crippen molar-refractivity contribution < 1.29 is 14.3 Å². The van der Waals surface area contributed by atoms with Crippen LogP contribution in [0.3, 0.4) is 0 Å². The lowest BCUT2D eigenvalue weighted by atomic mass is 10.0. The van der Waals surface area contributed by atoms with Crippen molar-refractivity contribution in [1.82, 2.24) is 19.9 Å². The topological polar surface area (TPSA) is 113 Å². The Morgan fingerprint density at radius 3 is 2.57 bits per heavy atom. The number of ether oxygens (including phenoxy) is 1. The number of pyridine rings is 2. The summed E-state index contributed by atoms with van der Waals surface area (Å²) < 4.78 is 6.96. The Labute approximate surface area is 201 Å². The number of methoxy groups -OCH3 is 1. The summed E-state index contributed by atoms with van der Waals surface area (Å²) in [5.41, 5.74) is 3.87. The fraction of sp³-hybridized carbons (Fsp3) is 0.192. The van der Waals surface area contributed by atoms with Crippen LogP contribution in [0.1, 0.15) is 39.1 Å². The van der Waals surface area contributed by atoms with Crippen molar-refractivity contribution >= 4 is 23.1 Å². The van der Waals surface area contributed by atoms with Gasteiger partial charge in [0.2, 0.25) is 5.88 Å². The number of carbonyl (C=O) groups excluding carboxylic acids is 2. The second-order valence-corrected chi connectivity index (χ2v) is 8.20. The highest BCUT2D eigenvalue weighted by molar-refractivity contribution is 6.07. The number of fused-ring (bicyclic) bond motifs is 1. The summed E-state index contributed by atoms with van der Waals surface area (Å²) in [6.07, 6.45) is 5.26. The highest BCUT2D eigenvalue weighted by atomic mass is 16.5. The van der Waals surface area contributed by atoms with Crippen LogP contribution in [0.15, 0.2) is 60.9 Å². The summed E-state index contributed by atoms with van der Waals surface area (Å²) >= 11 is 0. The minimum absolute atomic E-state index is 0.0468. The summed E-state index contributed by atoms with van der Waals surface area (Å²) in [6.45, 7) is 0. The number of nitrogens with zero attached hydrogens (tertiary/aromatic N) is 5. The molecule has 1 N–H and O–H groups in total. The average Bonchev–Trinajstić information content (AvgIpc) is 3.65. The molecule has 35 heavy (non-hydrogen) atoms. The van der Waals surface area contributed by atoms with Gasteiger partial charge in [-0.05, 0) is 54.8 Å². The second kappa shape index (κ2) is 8.91. The van der Waals surface area contributed by atoms with E-state index in [1.54, 1.807) is 59.2 Å². The minimum atomic E-state index is -0.184. The maximum absolute atomic E-state index is 13.7. The Hall–Kier alpha value is -4.71. The lowest BCUT2D eigenvalue weighted by molar-refractivity contribution is 0.0960. The number of nitrogens with one attached hydrogen (secondary N) is 1. The van der Waals surface area contributed by atoms with Crippen LogP contribution in [0.4, 0.5) is 5.82 Å². The third kappa shape index (κ3) is 4.06. The fourth-order valence-electron chi connectivity index (χ4n) is 4.02. The van der Waals surface area contributed by atoms with Crippen molar-refractivity contribution in [3.05, 3.63) is 77.6 Å². The highest BCUT2D eigenvalue weighted by Gasteiger charge is 2.35. The van der Waals surface area contributed by atoms with Gasteiger partial charge in [-0.3, -0.25) is 14.5 Å². The van der Waals surface area contributed by atoms with E-state index in [4.69, 9.17) is 4.74 Å². The smallest absolute Gasteiger partial charge is 0.259 e. The number of carbonyl (C=O) groups is 2. The van der Waals surface area contributed by atoms with Gasteiger partial charge in [0.25, 0.3) is 11.8 Å². The SMILES string of the molecule is CNC(=O)c1ccc(-c2cnn3ccc(C(=O)N(c4ccc(C#N)c(OC)n4)C4CC4)cc23)cc1. The predicted molar refractivity (Wildman–Crippen MR) is 129 cm³/mol. The monoisotopic (exact) mass is 466 g/mol. The summed E-state index contributed by atoms with van der Waals surface area (Å²) in [4.78, 5) is 31.6. The van der Waals surface area contributed by atoms with Gasteiger partial charge in [0.05, 0.1) is 18.8 Å². The summed E-state index contributed by atoms with van der Waals surface area (Å²) in [7, 11) is 3.04. The van der Waals surface area contributed by atoms with Crippen LogP contribution in [-0.4, -0.2) is 46.6 Å². The molecule has 0 atom stereocenters. The first kappa shape index (κ1) is 22.1. The van der Waals surface area contributed by atoms with Crippen LogP contribution in [-0.2, 0) is 0 Å². The van der Waals surface area contributed by atoms with Gasteiger partial charge in [0.15, 0.2) is 0 Å². The van der Waals surface area contributed by atoms with Crippen LogP contribution in [0.2, 0.25) is 0 Å². The summed E-state index contributed by atoms with van der Waals surface area (Å²) in [5.74, 6) is 0.304. The summed E-state index contributed by atoms with van der Waals surface area (Å²) in [5, 5.41) is 16.3. The van der Waals surface area contributed by atoms with E-state index < -0.39 is 0 Å². The van der Waals surface area contributed by atoms with Crippen LogP contribution in [0.25, 0.3) is 16.6 Å². The molecule has 2 amide bonds. The number of nitriles is 1. The average molecular weight is 467 g/mol. The Morgan fingerprint density at radius 1 is 1.14 bits per heavy atom. The van der Waals surface area contributed by atoms with Gasteiger partial charge in [-0.15, -0.1) is 0 Å². The molecule has 1 saturated carbocycles. The van der Waals surface area contributed by atoms with Crippen LogP contribution < -0.4 is 15.0 Å². The molecule has 1 aliphatic carbocycles. The molecule has 0 radical (unpaired) electrons. The van der Waals surface area contributed by atoms with Crippen molar-refractivity contribution in [2.75, 3.05) is 19.1 Å². The molecular weight excluding hydrogens is 444 g/mol. The zero-order valence-electron chi connectivity index (χ0n) is 19.2. The number of anilines is 1. The van der Waals surface area contributed by atoms with E-state index in [1.165, 1.54) is 7.11 Å². The fourth-order valence-corrected chi connectivity index (χ4v) is 4.02. The van der Waals surface area contributed by atoms with Gasteiger partial charge in [0, 0.05) is 36.0 Å². The normalized spacial score (nSPS) is 12.7. The molecular formula is C26H22N6O3. The standard InChI is InChI=1S/C26H22N6O3/c1-28-24(33)17-5-3-16(4-6-17)21-15-29-31-12-11-18(13-22(21)31)26(34)32(20-8-9-20)23-10-7-19(14-27)25(30-23)35-2/h3-7,10-13,15,20H,8-9H2,1-2H3,(H,28,33). The van der Waals surface area contributed by atoms with Gasteiger partial charge < -0.3 is 10.1 Å². The molecule has 0 bridgehead atoms. The molecule has 174 valence electrons. The van der Waals surface area contributed by atoms with Gasteiger partial charge in [-0.2, -0.15) is 15.3 Å². The van der Waals surface area contributed by atoms with Crippen molar-refractivity contribution in [3.8, 4) is 23.1 Å². The number of hydrogen-bond donors (Lipinski definition) is 1. The van der Waals surface area contributed by atoms with Gasteiger partial charge in [-0.25, -0.2) is 4.52 Å². The lowest BCUT2D eigenvalue weighted by Gasteiger charge is -2.22. The van der Waals surface area contributed by atoms with Gasteiger partial charge >= 0.3 is 0 Å². The van der Waals surface area contributed by atoms with E-state index in [1.807, 2.05) is 24.3 Å². The van der Waals surface area contributed by atoms with Crippen LogP contribution in [0, 0.1) is 11.3 Å². The molecule has 1 aliphatic rings. The first-order chi connectivity index (χ1) is 17.0. The Kier molecular flexibility index (Phi) is 5.63. The Morgan fingerprint density at radius 2 is 1.91 bits per heavy atom. The molecule has 4 aromatic rings. The lowest BCUT2D eigenvalue weighted by Crippen LogP contribution is -2.34. The zero-order chi connectivity index (χ0) is 24.5. The molecule has 0 aliphatic heterocycles. The first-order valence-electron chi connectivity index (χ1n) is 11.1. The van der Waals surface area contributed by atoms with Crippen molar-refractivity contribution in [1.29, 1.82) is 5.26 Å². The van der Waals surface area contributed by atoms with E-state index in [0.717, 1.165) is 29.5 Å². The molecule has 9 heteroatoms. The molecule has 9 nitrogen and oxygen atoms in total. The molecule has 1 aromatic carbocycles. The van der Waals surface area contributed by atoms with E-state index in [0.29, 0.717) is 22.5 Å². The minimum Gasteiger partial charge on any atom is -0.480 e. The second-order valence-electron chi connectivity index (χ2n) is 8.20. The Bertz CT molecular complexity index is 1480. The molecule has 5 rings (SSSR count). The first-order valence-corrected chi connectivity index (χ1v) is 11.1. The van der Waals surface area contributed by atoms with E-state index in [9.17, 15) is 14.9 Å². The van der Waals surface area contributed by atoms with Gasteiger partial charge in [0.1, 0.15) is 17.5 Å². The number of amides is 2. The van der Waals surface area contributed by atoms with Crippen LogP contribution >= 0.6 is 0 Å². The van der Waals surface area contributed by atoms with Crippen molar-refractivity contribution in [3.63, 3.8) is 0 Å². The van der Waals surface area contributed by atoms with Crippen molar-refractivity contribution in [2.45, 2.75) is 18.9 Å². The van der Waals surface area contributed by atoms with Crippen molar-refractivity contribution in [2.24, 2.45) is 0 Å². The maximum Gasteiger partial charge on any atom is 0.259 e. The maximum atomic E-state index is 13.7. The highest BCUT2D eigenvalue weighted by Crippen LogP contribution is 2.34. The van der Waals surface area contributed by atoms with Crippen LogP contribution in [0.5, 0.6) is 5.88 Å². The predicted octanol–water partition coefficient (Wildman–Crippen LogP) is 3.45. The molecule has 0 unspecified atom stereocenters.